The van der Waals surface area contributed by atoms with Gasteiger partial charge < -0.3 is 10.3 Å². The molecule has 1 aliphatic rings. The molecule has 0 atom stereocenters. The van der Waals surface area contributed by atoms with Crippen molar-refractivity contribution < 1.29 is 4.79 Å². The summed E-state index contributed by atoms with van der Waals surface area (Å²) in [5.74, 6) is 5.37. The second-order valence-electron chi connectivity index (χ2n) is 3.72. The van der Waals surface area contributed by atoms with Crippen molar-refractivity contribution in [1.82, 2.24) is 4.90 Å². The highest BCUT2D eigenvalue weighted by molar-refractivity contribution is 5.94. The summed E-state index contributed by atoms with van der Waals surface area (Å²) >= 11 is 0. The molecule has 0 unspecified atom stereocenters. The molecule has 1 aromatic rings. The molecule has 0 radical (unpaired) electrons. The van der Waals surface area contributed by atoms with Crippen LogP contribution in [0, 0.1) is 0 Å². The van der Waals surface area contributed by atoms with Gasteiger partial charge in [-0.3, -0.25) is 10.6 Å². The normalized spacial score (nSPS) is 15.4. The van der Waals surface area contributed by atoms with Crippen LogP contribution in [0.4, 0.5) is 5.69 Å². The molecule has 4 nitrogen and oxygen atoms in total. The average Bonchev–Trinajstić information content (AvgIpc) is 2.82. The van der Waals surface area contributed by atoms with Gasteiger partial charge in [-0.2, -0.15) is 0 Å². The van der Waals surface area contributed by atoms with E-state index in [0.717, 1.165) is 37.2 Å². The van der Waals surface area contributed by atoms with Gasteiger partial charge in [0.25, 0.3) is 5.91 Å². The molecule has 0 saturated carbocycles. The van der Waals surface area contributed by atoms with Crippen LogP contribution in [-0.4, -0.2) is 23.9 Å². The third-order valence-corrected chi connectivity index (χ3v) is 2.69. The average molecular weight is 205 g/mol. The van der Waals surface area contributed by atoms with Gasteiger partial charge in [0, 0.05) is 24.3 Å². The van der Waals surface area contributed by atoms with Crippen molar-refractivity contribution in [3.05, 3.63) is 29.8 Å². The number of carbonyl (C=O) groups excluding carboxylic acids is 1. The van der Waals surface area contributed by atoms with Crippen molar-refractivity contribution in [3.63, 3.8) is 0 Å². The lowest BCUT2D eigenvalue weighted by molar-refractivity contribution is 0.0793. The first kappa shape index (κ1) is 9.98. The molecule has 1 aromatic carbocycles. The van der Waals surface area contributed by atoms with Crippen LogP contribution in [0.3, 0.4) is 0 Å². The van der Waals surface area contributed by atoms with Crippen LogP contribution in [0.15, 0.2) is 24.3 Å². The van der Waals surface area contributed by atoms with Crippen LogP contribution in [0.5, 0.6) is 0 Å². The summed E-state index contributed by atoms with van der Waals surface area (Å²) in [5.41, 5.74) is 4.08. The third-order valence-electron chi connectivity index (χ3n) is 2.69. The van der Waals surface area contributed by atoms with E-state index in [1.165, 1.54) is 0 Å². The zero-order chi connectivity index (χ0) is 10.7. The summed E-state index contributed by atoms with van der Waals surface area (Å²) in [5, 5.41) is 0. The van der Waals surface area contributed by atoms with E-state index in [1.807, 2.05) is 17.0 Å². The lowest BCUT2D eigenvalue weighted by Crippen LogP contribution is -2.27. The quantitative estimate of drug-likeness (QED) is 0.563. The number of carbonyl (C=O) groups is 1. The molecule has 0 bridgehead atoms. The highest BCUT2D eigenvalue weighted by Crippen LogP contribution is 2.14. The number of nitrogens with two attached hydrogens (primary N) is 1. The Bertz CT molecular complexity index is 341. The molecule has 1 heterocycles. The van der Waals surface area contributed by atoms with Crippen molar-refractivity contribution in [2.75, 3.05) is 18.5 Å². The van der Waals surface area contributed by atoms with Gasteiger partial charge in [-0.05, 0) is 37.1 Å². The van der Waals surface area contributed by atoms with Gasteiger partial charge in [0.1, 0.15) is 0 Å². The van der Waals surface area contributed by atoms with Gasteiger partial charge in [0.2, 0.25) is 0 Å². The Hall–Kier alpha value is -1.55. The first-order valence-electron chi connectivity index (χ1n) is 5.17. The summed E-state index contributed by atoms with van der Waals surface area (Å²) < 4.78 is 0. The lowest BCUT2D eigenvalue weighted by Gasteiger charge is -2.15. The first-order chi connectivity index (χ1) is 7.31. The maximum atomic E-state index is 11.9. The summed E-state index contributed by atoms with van der Waals surface area (Å²) in [4.78, 5) is 13.8. The van der Waals surface area contributed by atoms with Gasteiger partial charge in [-0.25, -0.2) is 0 Å². The summed E-state index contributed by atoms with van der Waals surface area (Å²) in [6.07, 6.45) is 2.24. The minimum absolute atomic E-state index is 0.121. The second-order valence-corrected chi connectivity index (χ2v) is 3.72. The maximum absolute atomic E-state index is 11.9. The number of benzene rings is 1. The highest BCUT2D eigenvalue weighted by atomic mass is 16.2. The molecule has 1 saturated heterocycles. The van der Waals surface area contributed by atoms with Gasteiger partial charge in [0.05, 0.1) is 0 Å². The number of likely N-dealkylation sites (tertiary alicyclic amines) is 1. The standard InChI is InChI=1S/C11H15N3O/c12-13-10-5-3-9(4-6-10)11(15)14-7-1-2-8-14/h3-6,13H,1-2,7-8,12H2. The van der Waals surface area contributed by atoms with E-state index in [2.05, 4.69) is 5.43 Å². The Labute approximate surface area is 89.0 Å². The fraction of sp³-hybridized carbons (Fsp3) is 0.364. The summed E-state index contributed by atoms with van der Waals surface area (Å²) in [6, 6.07) is 7.22. The molecular formula is C11H15N3O. The second kappa shape index (κ2) is 4.31. The SMILES string of the molecule is NNc1ccc(C(=O)N2CCCC2)cc1. The monoisotopic (exact) mass is 205 g/mol. The van der Waals surface area contributed by atoms with Crippen LogP contribution >= 0.6 is 0 Å². The third kappa shape index (κ3) is 2.10. The molecule has 1 amide bonds. The molecule has 2 rings (SSSR count). The Balaban J connectivity index is 2.11. The van der Waals surface area contributed by atoms with E-state index < -0.39 is 0 Å². The number of amides is 1. The van der Waals surface area contributed by atoms with Crippen LogP contribution in [-0.2, 0) is 0 Å². The molecule has 0 spiro atoms. The van der Waals surface area contributed by atoms with Crippen molar-refractivity contribution >= 4 is 11.6 Å². The van der Waals surface area contributed by atoms with Crippen molar-refractivity contribution in [1.29, 1.82) is 0 Å². The van der Waals surface area contributed by atoms with Crippen LogP contribution in [0.2, 0.25) is 0 Å². The van der Waals surface area contributed by atoms with E-state index in [-0.39, 0.29) is 5.91 Å². The van der Waals surface area contributed by atoms with E-state index in [4.69, 9.17) is 5.84 Å². The number of nitrogens with zero attached hydrogens (tertiary/aromatic N) is 1. The number of hydrazine groups is 1. The van der Waals surface area contributed by atoms with Crippen molar-refractivity contribution in [2.45, 2.75) is 12.8 Å². The Morgan fingerprint density at radius 3 is 2.33 bits per heavy atom. The fourth-order valence-electron chi connectivity index (χ4n) is 1.81. The molecule has 15 heavy (non-hydrogen) atoms. The number of nitrogen functional groups attached to an aromatic ring is 1. The predicted molar refractivity (Wildman–Crippen MR) is 59.4 cm³/mol. The molecule has 1 aliphatic heterocycles. The summed E-state index contributed by atoms with van der Waals surface area (Å²) in [7, 11) is 0. The first-order valence-corrected chi connectivity index (χ1v) is 5.17. The molecule has 1 fully saturated rings. The van der Waals surface area contributed by atoms with Gasteiger partial charge >= 0.3 is 0 Å². The summed E-state index contributed by atoms with van der Waals surface area (Å²) in [6.45, 7) is 1.77. The molecular weight excluding hydrogens is 190 g/mol. The van der Waals surface area contributed by atoms with E-state index in [0.29, 0.717) is 0 Å². The number of anilines is 1. The number of rotatable bonds is 2. The largest absolute Gasteiger partial charge is 0.339 e. The van der Waals surface area contributed by atoms with Crippen molar-refractivity contribution in [3.8, 4) is 0 Å². The van der Waals surface area contributed by atoms with Crippen LogP contribution in [0.1, 0.15) is 23.2 Å². The Kier molecular flexibility index (Phi) is 2.87. The highest BCUT2D eigenvalue weighted by Gasteiger charge is 2.18. The predicted octanol–water partition coefficient (Wildman–Crippen LogP) is 1.21. The zero-order valence-electron chi connectivity index (χ0n) is 8.57. The topological polar surface area (TPSA) is 58.4 Å². The molecule has 80 valence electrons. The van der Waals surface area contributed by atoms with Gasteiger partial charge in [-0.1, -0.05) is 0 Å². The molecule has 4 heteroatoms. The van der Waals surface area contributed by atoms with Crippen LogP contribution in [0.25, 0.3) is 0 Å². The van der Waals surface area contributed by atoms with Gasteiger partial charge in [0.15, 0.2) is 0 Å². The maximum Gasteiger partial charge on any atom is 0.253 e. The molecule has 3 N–H and O–H groups in total. The zero-order valence-corrected chi connectivity index (χ0v) is 8.57. The Morgan fingerprint density at radius 1 is 1.20 bits per heavy atom. The van der Waals surface area contributed by atoms with E-state index in [9.17, 15) is 4.79 Å². The van der Waals surface area contributed by atoms with Crippen molar-refractivity contribution in [2.24, 2.45) is 5.84 Å². The minimum Gasteiger partial charge on any atom is -0.339 e. The number of hydrogen-bond acceptors (Lipinski definition) is 3. The lowest BCUT2D eigenvalue weighted by atomic mass is 10.2. The smallest absolute Gasteiger partial charge is 0.253 e. The Morgan fingerprint density at radius 2 is 1.80 bits per heavy atom. The number of hydrogen-bond donors (Lipinski definition) is 2. The fourth-order valence-corrected chi connectivity index (χ4v) is 1.81. The van der Waals surface area contributed by atoms with E-state index in [1.54, 1.807) is 12.1 Å². The van der Waals surface area contributed by atoms with Crippen LogP contribution < -0.4 is 11.3 Å². The van der Waals surface area contributed by atoms with E-state index >= 15 is 0 Å². The molecule has 0 aromatic heterocycles. The number of nitrogens with one attached hydrogen (secondary N) is 1. The van der Waals surface area contributed by atoms with Gasteiger partial charge in [-0.15, -0.1) is 0 Å². The minimum atomic E-state index is 0.121. The molecule has 0 aliphatic carbocycles.